The quantitative estimate of drug-likeness (QED) is 0.544. The number of aromatic nitrogens is 3. The Hall–Kier alpha value is -3.07. The first-order valence-electron chi connectivity index (χ1n) is 7.78. The van der Waals surface area contributed by atoms with Gasteiger partial charge in [-0.1, -0.05) is 11.8 Å². The van der Waals surface area contributed by atoms with Gasteiger partial charge in [0.15, 0.2) is 29.1 Å². The summed E-state index contributed by atoms with van der Waals surface area (Å²) in [7, 11) is 1.82. The summed E-state index contributed by atoms with van der Waals surface area (Å²) in [6, 6.07) is 8.57. The first kappa shape index (κ1) is 16.4. The number of carbonyl (C=O) groups is 2. The molecule has 3 heterocycles. The van der Waals surface area contributed by atoms with Crippen molar-refractivity contribution in [1.29, 1.82) is 0 Å². The average molecular weight is 370 g/mol. The van der Waals surface area contributed by atoms with Gasteiger partial charge >= 0.3 is 0 Å². The minimum atomic E-state index is -0.235. The van der Waals surface area contributed by atoms with Crippen molar-refractivity contribution >= 4 is 29.1 Å². The van der Waals surface area contributed by atoms with E-state index in [9.17, 15) is 9.59 Å². The molecule has 1 aromatic carbocycles. The van der Waals surface area contributed by atoms with Crippen LogP contribution in [0.25, 0.3) is 11.6 Å². The van der Waals surface area contributed by atoms with Gasteiger partial charge in [0.2, 0.25) is 0 Å². The third-order valence-corrected chi connectivity index (χ3v) is 4.86. The smallest absolute Gasteiger partial charge is 0.262 e. The highest BCUT2D eigenvalue weighted by Gasteiger charge is 2.19. The lowest BCUT2D eigenvalue weighted by Crippen LogP contribution is -2.25. The van der Waals surface area contributed by atoms with E-state index in [1.54, 1.807) is 41.2 Å². The van der Waals surface area contributed by atoms with Crippen molar-refractivity contribution in [3.05, 3.63) is 42.2 Å². The minimum Gasteiger partial charge on any atom is -0.482 e. The SMILES string of the molecule is Cn1c(SCC(=O)c2ccc3c(c2)NC(=O)CO3)nnc1-c1ccco1. The number of ketones is 1. The highest BCUT2D eigenvalue weighted by atomic mass is 32.2. The van der Waals surface area contributed by atoms with Crippen LogP contribution in [0.5, 0.6) is 5.75 Å². The molecule has 1 aliphatic rings. The van der Waals surface area contributed by atoms with Crippen molar-refractivity contribution in [2.24, 2.45) is 7.05 Å². The number of anilines is 1. The van der Waals surface area contributed by atoms with E-state index in [2.05, 4.69) is 15.5 Å². The summed E-state index contributed by atoms with van der Waals surface area (Å²) >= 11 is 1.29. The van der Waals surface area contributed by atoms with E-state index < -0.39 is 0 Å². The molecule has 0 radical (unpaired) electrons. The van der Waals surface area contributed by atoms with E-state index in [0.717, 1.165) is 0 Å². The van der Waals surface area contributed by atoms with Crippen LogP contribution in [0.3, 0.4) is 0 Å². The highest BCUT2D eigenvalue weighted by Crippen LogP contribution is 2.29. The predicted octanol–water partition coefficient (Wildman–Crippen LogP) is 2.38. The van der Waals surface area contributed by atoms with Gasteiger partial charge in [-0.2, -0.15) is 0 Å². The third kappa shape index (κ3) is 3.08. The van der Waals surface area contributed by atoms with Gasteiger partial charge in [0, 0.05) is 12.6 Å². The standard InChI is InChI=1S/C17H14N4O4S/c1-21-16(14-3-2-6-24-14)19-20-17(21)26-9-12(22)10-4-5-13-11(7-10)18-15(23)8-25-13/h2-7H,8-9H2,1H3,(H,18,23). The molecule has 132 valence electrons. The molecular formula is C17H14N4O4S. The summed E-state index contributed by atoms with van der Waals surface area (Å²) in [5.41, 5.74) is 1.01. The number of furan rings is 1. The van der Waals surface area contributed by atoms with Crippen molar-refractivity contribution in [2.45, 2.75) is 5.16 Å². The van der Waals surface area contributed by atoms with Crippen molar-refractivity contribution in [2.75, 3.05) is 17.7 Å². The number of Topliss-reactive ketones (excluding diaryl/α,β-unsaturated/α-hetero) is 1. The lowest BCUT2D eigenvalue weighted by molar-refractivity contribution is -0.118. The van der Waals surface area contributed by atoms with Crippen LogP contribution in [0.1, 0.15) is 10.4 Å². The third-order valence-electron chi connectivity index (χ3n) is 3.84. The van der Waals surface area contributed by atoms with Gasteiger partial charge in [0.05, 0.1) is 17.7 Å². The van der Waals surface area contributed by atoms with Crippen molar-refractivity contribution in [1.82, 2.24) is 14.8 Å². The normalized spacial score (nSPS) is 13.0. The Morgan fingerprint density at radius 2 is 2.23 bits per heavy atom. The van der Waals surface area contributed by atoms with Crippen LogP contribution in [0.15, 0.2) is 46.2 Å². The molecule has 1 amide bonds. The van der Waals surface area contributed by atoms with Crippen LogP contribution in [-0.2, 0) is 11.8 Å². The van der Waals surface area contributed by atoms with Crippen LogP contribution in [0.4, 0.5) is 5.69 Å². The Kier molecular flexibility index (Phi) is 4.21. The molecule has 2 aromatic heterocycles. The molecule has 9 heteroatoms. The largest absolute Gasteiger partial charge is 0.482 e. The molecule has 0 bridgehead atoms. The zero-order valence-corrected chi connectivity index (χ0v) is 14.6. The van der Waals surface area contributed by atoms with Crippen molar-refractivity contribution < 1.29 is 18.7 Å². The predicted molar refractivity (Wildman–Crippen MR) is 94.3 cm³/mol. The zero-order chi connectivity index (χ0) is 18.1. The Bertz CT molecular complexity index is 981. The Balaban J connectivity index is 1.46. The summed E-state index contributed by atoms with van der Waals surface area (Å²) in [5.74, 6) is 1.64. The van der Waals surface area contributed by atoms with Gasteiger partial charge in [-0.3, -0.25) is 9.59 Å². The number of nitrogens with zero attached hydrogens (tertiary/aromatic N) is 3. The molecule has 3 aromatic rings. The molecule has 8 nitrogen and oxygen atoms in total. The number of thioether (sulfide) groups is 1. The maximum atomic E-state index is 12.5. The van der Waals surface area contributed by atoms with E-state index in [1.165, 1.54) is 11.8 Å². The summed E-state index contributed by atoms with van der Waals surface area (Å²) in [6.07, 6.45) is 1.57. The number of hydrogen-bond acceptors (Lipinski definition) is 7. The first-order chi connectivity index (χ1) is 12.6. The fourth-order valence-electron chi connectivity index (χ4n) is 2.53. The van der Waals surface area contributed by atoms with E-state index in [4.69, 9.17) is 9.15 Å². The van der Waals surface area contributed by atoms with E-state index in [1.807, 2.05) is 7.05 Å². The average Bonchev–Trinajstić information content (AvgIpc) is 3.28. The maximum absolute atomic E-state index is 12.5. The molecule has 0 unspecified atom stereocenters. The van der Waals surface area contributed by atoms with Crippen LogP contribution in [0.2, 0.25) is 0 Å². The molecule has 0 atom stereocenters. The second-order valence-electron chi connectivity index (χ2n) is 5.60. The number of carbonyl (C=O) groups excluding carboxylic acids is 2. The first-order valence-corrected chi connectivity index (χ1v) is 8.76. The summed E-state index contributed by atoms with van der Waals surface area (Å²) < 4.78 is 12.4. The molecular weight excluding hydrogens is 356 g/mol. The Morgan fingerprint density at radius 3 is 3.04 bits per heavy atom. The van der Waals surface area contributed by atoms with Gasteiger partial charge in [-0.05, 0) is 30.3 Å². The van der Waals surface area contributed by atoms with E-state index in [0.29, 0.717) is 33.7 Å². The number of nitrogens with one attached hydrogen (secondary N) is 1. The molecule has 4 rings (SSSR count). The number of benzene rings is 1. The molecule has 0 aliphatic carbocycles. The topological polar surface area (TPSA) is 99.2 Å². The number of fused-ring (bicyclic) bond motifs is 1. The number of ether oxygens (including phenoxy) is 1. The van der Waals surface area contributed by atoms with Crippen LogP contribution in [0, 0.1) is 0 Å². The minimum absolute atomic E-state index is 0.0136. The van der Waals surface area contributed by atoms with Crippen LogP contribution >= 0.6 is 11.8 Å². The Morgan fingerprint density at radius 1 is 1.35 bits per heavy atom. The van der Waals surface area contributed by atoms with Gasteiger partial charge in [-0.15, -0.1) is 10.2 Å². The van der Waals surface area contributed by atoms with Gasteiger partial charge in [0.1, 0.15) is 5.75 Å². The molecule has 0 fully saturated rings. The van der Waals surface area contributed by atoms with E-state index >= 15 is 0 Å². The summed E-state index contributed by atoms with van der Waals surface area (Å²) in [5, 5.41) is 11.5. The number of rotatable bonds is 5. The van der Waals surface area contributed by atoms with E-state index in [-0.39, 0.29) is 24.1 Å². The zero-order valence-electron chi connectivity index (χ0n) is 13.8. The molecule has 0 saturated carbocycles. The fourth-order valence-corrected chi connectivity index (χ4v) is 3.34. The van der Waals surface area contributed by atoms with Gasteiger partial charge < -0.3 is 19.0 Å². The molecule has 1 N–H and O–H groups in total. The molecule has 26 heavy (non-hydrogen) atoms. The lowest BCUT2D eigenvalue weighted by Gasteiger charge is -2.18. The van der Waals surface area contributed by atoms with Gasteiger partial charge in [-0.25, -0.2) is 0 Å². The highest BCUT2D eigenvalue weighted by molar-refractivity contribution is 7.99. The second kappa shape index (κ2) is 6.68. The number of hydrogen-bond donors (Lipinski definition) is 1. The fraction of sp³-hybridized carbons (Fsp3) is 0.176. The monoisotopic (exact) mass is 370 g/mol. The van der Waals surface area contributed by atoms with Gasteiger partial charge in [0.25, 0.3) is 5.91 Å². The molecule has 0 saturated heterocycles. The maximum Gasteiger partial charge on any atom is 0.262 e. The Labute approximate surface area is 152 Å². The molecule has 1 aliphatic heterocycles. The van der Waals surface area contributed by atoms with Crippen LogP contribution < -0.4 is 10.1 Å². The molecule has 0 spiro atoms. The second-order valence-corrected chi connectivity index (χ2v) is 6.54. The van der Waals surface area contributed by atoms with Crippen molar-refractivity contribution in [3.63, 3.8) is 0 Å². The number of amides is 1. The summed E-state index contributed by atoms with van der Waals surface area (Å²) in [4.78, 5) is 23.9. The lowest BCUT2D eigenvalue weighted by atomic mass is 10.1. The van der Waals surface area contributed by atoms with Crippen molar-refractivity contribution in [3.8, 4) is 17.3 Å². The van der Waals surface area contributed by atoms with Crippen LogP contribution in [-0.4, -0.2) is 38.8 Å². The summed E-state index contributed by atoms with van der Waals surface area (Å²) in [6.45, 7) is -0.0136.